The van der Waals surface area contributed by atoms with Crippen LogP contribution in [0.15, 0.2) is 18.2 Å². The van der Waals surface area contributed by atoms with Gasteiger partial charge in [0.05, 0.1) is 6.04 Å². The first-order valence-corrected chi connectivity index (χ1v) is 9.86. The lowest BCUT2D eigenvalue weighted by atomic mass is 10.1. The standard InChI is InChI=1S/C21H31N5O/c1-14(2)21(27)22-17(5)20-24-23-19-8-9-25(10-11-26(19)20)13-18-12-15(3)6-7-16(18)4/h6-7,12,14,17H,8-11,13H2,1-5H3,(H,22,27)/t17-/m1/s1. The van der Waals surface area contributed by atoms with Gasteiger partial charge in [0.2, 0.25) is 5.91 Å². The molecule has 0 bridgehead atoms. The van der Waals surface area contributed by atoms with Crippen LogP contribution in [0, 0.1) is 19.8 Å². The summed E-state index contributed by atoms with van der Waals surface area (Å²) in [6, 6.07) is 6.53. The van der Waals surface area contributed by atoms with Crippen LogP contribution in [0.3, 0.4) is 0 Å². The largest absolute Gasteiger partial charge is 0.346 e. The van der Waals surface area contributed by atoms with Crippen molar-refractivity contribution < 1.29 is 4.79 Å². The van der Waals surface area contributed by atoms with Crippen molar-refractivity contribution in [1.82, 2.24) is 25.0 Å². The molecule has 27 heavy (non-hydrogen) atoms. The maximum absolute atomic E-state index is 12.0. The van der Waals surface area contributed by atoms with Gasteiger partial charge in [-0.3, -0.25) is 9.69 Å². The molecule has 0 radical (unpaired) electrons. The number of nitrogens with one attached hydrogen (secondary N) is 1. The molecule has 0 unspecified atom stereocenters. The molecule has 1 amide bonds. The molecule has 146 valence electrons. The number of fused-ring (bicyclic) bond motifs is 1. The van der Waals surface area contributed by atoms with Crippen LogP contribution in [0.2, 0.25) is 0 Å². The van der Waals surface area contributed by atoms with E-state index in [0.29, 0.717) is 0 Å². The number of hydrogen-bond acceptors (Lipinski definition) is 4. The van der Waals surface area contributed by atoms with Crippen molar-refractivity contribution >= 4 is 5.91 Å². The fourth-order valence-electron chi connectivity index (χ4n) is 3.52. The Balaban J connectivity index is 1.69. The average molecular weight is 370 g/mol. The summed E-state index contributed by atoms with van der Waals surface area (Å²) >= 11 is 0. The van der Waals surface area contributed by atoms with Crippen LogP contribution in [0.5, 0.6) is 0 Å². The minimum atomic E-state index is -0.133. The van der Waals surface area contributed by atoms with E-state index in [1.54, 1.807) is 0 Å². The van der Waals surface area contributed by atoms with Crippen molar-refractivity contribution in [3.05, 3.63) is 46.5 Å². The molecule has 2 aromatic rings. The maximum Gasteiger partial charge on any atom is 0.223 e. The smallest absolute Gasteiger partial charge is 0.223 e. The van der Waals surface area contributed by atoms with Gasteiger partial charge in [0.1, 0.15) is 5.82 Å². The Hall–Kier alpha value is -2.21. The highest BCUT2D eigenvalue weighted by Crippen LogP contribution is 2.18. The van der Waals surface area contributed by atoms with Gasteiger partial charge in [-0.15, -0.1) is 10.2 Å². The van der Waals surface area contributed by atoms with E-state index < -0.39 is 0 Å². The Morgan fingerprint density at radius 2 is 1.93 bits per heavy atom. The fourth-order valence-corrected chi connectivity index (χ4v) is 3.52. The van der Waals surface area contributed by atoms with Gasteiger partial charge in [0.15, 0.2) is 5.82 Å². The molecule has 1 N–H and O–H groups in total. The topological polar surface area (TPSA) is 63.1 Å². The number of benzene rings is 1. The van der Waals surface area contributed by atoms with Crippen molar-refractivity contribution in [2.45, 2.75) is 60.2 Å². The first-order valence-electron chi connectivity index (χ1n) is 9.86. The van der Waals surface area contributed by atoms with E-state index in [2.05, 4.69) is 57.0 Å². The molecule has 1 aromatic heterocycles. The van der Waals surface area contributed by atoms with E-state index in [4.69, 9.17) is 0 Å². The molecule has 0 saturated heterocycles. The molecule has 1 aliphatic heterocycles. The highest BCUT2D eigenvalue weighted by Gasteiger charge is 2.23. The van der Waals surface area contributed by atoms with Crippen molar-refractivity contribution in [2.24, 2.45) is 5.92 Å². The summed E-state index contributed by atoms with van der Waals surface area (Å²) in [5.74, 6) is 1.88. The van der Waals surface area contributed by atoms with E-state index in [1.165, 1.54) is 16.7 Å². The number of amides is 1. The van der Waals surface area contributed by atoms with E-state index in [0.717, 1.165) is 44.2 Å². The number of aromatic nitrogens is 3. The number of carbonyl (C=O) groups is 1. The van der Waals surface area contributed by atoms with Crippen LogP contribution in [0.1, 0.15) is 55.2 Å². The summed E-state index contributed by atoms with van der Waals surface area (Å²) in [5.41, 5.74) is 4.04. The first kappa shape index (κ1) is 19.5. The summed E-state index contributed by atoms with van der Waals surface area (Å²) in [5, 5.41) is 11.8. The number of carbonyl (C=O) groups excluding carboxylic acids is 1. The van der Waals surface area contributed by atoms with Crippen LogP contribution in [0.4, 0.5) is 0 Å². The van der Waals surface area contributed by atoms with Gasteiger partial charge in [-0.25, -0.2) is 0 Å². The van der Waals surface area contributed by atoms with Crippen molar-refractivity contribution in [1.29, 1.82) is 0 Å². The molecule has 2 heterocycles. The first-order chi connectivity index (χ1) is 12.8. The highest BCUT2D eigenvalue weighted by molar-refractivity contribution is 5.78. The van der Waals surface area contributed by atoms with Gasteiger partial charge in [0.25, 0.3) is 0 Å². The minimum absolute atomic E-state index is 0.0352. The van der Waals surface area contributed by atoms with Crippen LogP contribution >= 0.6 is 0 Å². The van der Waals surface area contributed by atoms with E-state index in [-0.39, 0.29) is 17.9 Å². The van der Waals surface area contributed by atoms with E-state index >= 15 is 0 Å². The van der Waals surface area contributed by atoms with Gasteiger partial charge < -0.3 is 9.88 Å². The van der Waals surface area contributed by atoms with E-state index in [1.807, 2.05) is 20.8 Å². The van der Waals surface area contributed by atoms with E-state index in [9.17, 15) is 4.79 Å². The normalized spacial score (nSPS) is 16.1. The molecule has 1 aliphatic rings. The Labute approximate surface area is 162 Å². The maximum atomic E-state index is 12.0. The molecule has 0 fully saturated rings. The third-order valence-corrected chi connectivity index (χ3v) is 5.32. The average Bonchev–Trinajstić information content (AvgIpc) is 2.93. The van der Waals surface area contributed by atoms with Crippen molar-refractivity contribution in [3.63, 3.8) is 0 Å². The second kappa shape index (κ2) is 8.21. The second-order valence-electron chi connectivity index (χ2n) is 7.97. The summed E-state index contributed by atoms with van der Waals surface area (Å²) in [6.07, 6.45) is 0.878. The van der Waals surface area contributed by atoms with Gasteiger partial charge in [-0.2, -0.15) is 0 Å². The lowest BCUT2D eigenvalue weighted by Crippen LogP contribution is -2.32. The lowest BCUT2D eigenvalue weighted by Gasteiger charge is -2.21. The monoisotopic (exact) mass is 369 g/mol. The molecule has 0 aliphatic carbocycles. The summed E-state index contributed by atoms with van der Waals surface area (Å²) in [7, 11) is 0. The van der Waals surface area contributed by atoms with Crippen LogP contribution in [-0.2, 0) is 24.3 Å². The zero-order valence-electron chi connectivity index (χ0n) is 17.1. The zero-order chi connectivity index (χ0) is 19.6. The molecule has 1 aromatic carbocycles. The quantitative estimate of drug-likeness (QED) is 0.880. The third-order valence-electron chi connectivity index (χ3n) is 5.32. The number of nitrogens with zero attached hydrogens (tertiary/aromatic N) is 4. The van der Waals surface area contributed by atoms with Gasteiger partial charge >= 0.3 is 0 Å². The Bertz CT molecular complexity index is 811. The lowest BCUT2D eigenvalue weighted by molar-refractivity contribution is -0.124. The molecule has 1 atom stereocenters. The number of rotatable bonds is 5. The molecule has 6 nitrogen and oxygen atoms in total. The predicted octanol–water partition coefficient (Wildman–Crippen LogP) is 2.79. The van der Waals surface area contributed by atoms with Gasteiger partial charge in [0, 0.05) is 38.5 Å². The molecular weight excluding hydrogens is 338 g/mol. The Morgan fingerprint density at radius 3 is 2.67 bits per heavy atom. The summed E-state index contributed by atoms with van der Waals surface area (Å²) in [6.45, 7) is 13.8. The number of aryl methyl sites for hydroxylation is 2. The van der Waals surface area contributed by atoms with Crippen LogP contribution in [-0.4, -0.2) is 38.7 Å². The molecule has 6 heteroatoms. The molecule has 3 rings (SSSR count). The molecule has 0 saturated carbocycles. The Morgan fingerprint density at radius 1 is 1.15 bits per heavy atom. The fraction of sp³-hybridized carbons (Fsp3) is 0.571. The second-order valence-corrected chi connectivity index (χ2v) is 7.97. The van der Waals surface area contributed by atoms with Gasteiger partial charge in [-0.05, 0) is 31.9 Å². The summed E-state index contributed by atoms with van der Waals surface area (Å²) < 4.78 is 2.19. The molecular formula is C21H31N5O. The predicted molar refractivity (Wildman–Crippen MR) is 106 cm³/mol. The SMILES string of the molecule is Cc1ccc(C)c(CN2CCc3nnc([C@@H](C)NC(=O)C(C)C)n3CC2)c1. The van der Waals surface area contributed by atoms with Crippen LogP contribution in [0.25, 0.3) is 0 Å². The summed E-state index contributed by atoms with van der Waals surface area (Å²) in [4.78, 5) is 14.5. The Kier molecular flexibility index (Phi) is 5.95. The van der Waals surface area contributed by atoms with Crippen LogP contribution < -0.4 is 5.32 Å². The zero-order valence-corrected chi connectivity index (χ0v) is 17.1. The van der Waals surface area contributed by atoms with Crippen molar-refractivity contribution in [2.75, 3.05) is 13.1 Å². The third kappa shape index (κ3) is 4.56. The van der Waals surface area contributed by atoms with Crippen molar-refractivity contribution in [3.8, 4) is 0 Å². The number of hydrogen-bond donors (Lipinski definition) is 1. The van der Waals surface area contributed by atoms with Gasteiger partial charge in [-0.1, -0.05) is 37.6 Å². The minimum Gasteiger partial charge on any atom is -0.346 e. The molecule has 0 spiro atoms. The highest BCUT2D eigenvalue weighted by atomic mass is 16.1.